The van der Waals surface area contributed by atoms with Crippen LogP contribution in [-0.4, -0.2) is 30.8 Å². The summed E-state index contributed by atoms with van der Waals surface area (Å²) in [6.07, 6.45) is 0. The number of halogens is 1. The molecule has 2 N–H and O–H groups in total. The Hall–Kier alpha value is -0.690. The molecule has 1 atom stereocenters. The summed E-state index contributed by atoms with van der Waals surface area (Å²) in [6.45, 7) is 7.86. The number of nitrogens with zero attached hydrogens (tertiary/aromatic N) is 1. The fourth-order valence-electron chi connectivity index (χ4n) is 1.78. The van der Waals surface area contributed by atoms with Gasteiger partial charge in [0.2, 0.25) is 10.0 Å². The Morgan fingerprint density at radius 1 is 1.38 bits per heavy atom. The number of rotatable bonds is 4. The molecule has 1 aromatic carbocycles. The van der Waals surface area contributed by atoms with Crippen molar-refractivity contribution < 1.29 is 8.42 Å². The molecule has 0 aliphatic rings. The maximum absolute atomic E-state index is 12.7. The van der Waals surface area contributed by atoms with Crippen LogP contribution < -0.4 is 5.73 Å². The second-order valence-corrected chi connectivity index (χ2v) is 8.91. The van der Waals surface area contributed by atoms with Crippen molar-refractivity contribution in [2.24, 2.45) is 11.1 Å². The lowest BCUT2D eigenvalue weighted by Crippen LogP contribution is -2.42. The van der Waals surface area contributed by atoms with Crippen LogP contribution in [0.3, 0.4) is 0 Å². The van der Waals surface area contributed by atoms with Crippen molar-refractivity contribution in [2.75, 3.05) is 7.05 Å². The van der Waals surface area contributed by atoms with E-state index in [0.29, 0.717) is 5.56 Å². The first-order chi connectivity index (χ1) is 9.39. The van der Waals surface area contributed by atoms with Gasteiger partial charge in [0.1, 0.15) is 4.99 Å². The van der Waals surface area contributed by atoms with Crippen LogP contribution in [-0.2, 0) is 10.0 Å². The first-order valence-electron chi connectivity index (χ1n) is 6.46. The van der Waals surface area contributed by atoms with Gasteiger partial charge < -0.3 is 5.73 Å². The maximum Gasteiger partial charge on any atom is 0.243 e. The van der Waals surface area contributed by atoms with Gasteiger partial charge in [0.15, 0.2) is 0 Å². The molecule has 0 fully saturated rings. The fourth-order valence-corrected chi connectivity index (χ4v) is 3.93. The molecule has 0 aliphatic heterocycles. The van der Waals surface area contributed by atoms with Gasteiger partial charge >= 0.3 is 0 Å². The fraction of sp³-hybridized carbons (Fsp3) is 0.500. The van der Waals surface area contributed by atoms with E-state index < -0.39 is 10.0 Å². The lowest BCUT2D eigenvalue weighted by atomic mass is 9.88. The lowest BCUT2D eigenvalue weighted by molar-refractivity contribution is 0.216. The van der Waals surface area contributed by atoms with E-state index in [9.17, 15) is 8.42 Å². The molecule has 1 unspecified atom stereocenters. The van der Waals surface area contributed by atoms with Crippen molar-refractivity contribution in [3.63, 3.8) is 0 Å². The number of nitrogens with two attached hydrogens (primary N) is 1. The Labute approximate surface area is 137 Å². The Kier molecular flexibility index (Phi) is 5.42. The van der Waals surface area contributed by atoms with Crippen LogP contribution in [0.25, 0.3) is 0 Å². The van der Waals surface area contributed by atoms with E-state index in [4.69, 9.17) is 29.6 Å². The van der Waals surface area contributed by atoms with E-state index in [2.05, 4.69) is 0 Å². The molecule has 21 heavy (non-hydrogen) atoms. The summed E-state index contributed by atoms with van der Waals surface area (Å²) < 4.78 is 26.7. The molecule has 7 heteroatoms. The number of hydrogen-bond donors (Lipinski definition) is 1. The van der Waals surface area contributed by atoms with Gasteiger partial charge in [-0.05, 0) is 30.5 Å². The highest BCUT2D eigenvalue weighted by molar-refractivity contribution is 7.89. The molecular formula is C14H21ClN2O2S2. The molecular weight excluding hydrogens is 328 g/mol. The summed E-state index contributed by atoms with van der Waals surface area (Å²) in [5.41, 5.74) is 5.82. The summed E-state index contributed by atoms with van der Waals surface area (Å²) in [5, 5.41) is 0.236. The minimum absolute atomic E-state index is 0.131. The van der Waals surface area contributed by atoms with Crippen molar-refractivity contribution >= 4 is 38.8 Å². The molecule has 0 bridgehead atoms. The largest absolute Gasteiger partial charge is 0.389 e. The van der Waals surface area contributed by atoms with Gasteiger partial charge in [-0.3, -0.25) is 0 Å². The van der Waals surface area contributed by atoms with Crippen LogP contribution in [0, 0.1) is 5.41 Å². The van der Waals surface area contributed by atoms with Crippen LogP contribution in [0.15, 0.2) is 23.1 Å². The highest BCUT2D eigenvalue weighted by Crippen LogP contribution is 2.29. The molecule has 0 aromatic heterocycles. The van der Waals surface area contributed by atoms with Crippen molar-refractivity contribution in [1.29, 1.82) is 0 Å². The van der Waals surface area contributed by atoms with Crippen LogP contribution in [0.1, 0.15) is 33.3 Å². The van der Waals surface area contributed by atoms with Crippen LogP contribution >= 0.6 is 23.8 Å². The zero-order chi connectivity index (χ0) is 16.6. The molecule has 1 aromatic rings. The van der Waals surface area contributed by atoms with Crippen LogP contribution in [0.2, 0.25) is 5.02 Å². The minimum Gasteiger partial charge on any atom is -0.389 e. The first-order valence-corrected chi connectivity index (χ1v) is 8.69. The van der Waals surface area contributed by atoms with E-state index in [-0.39, 0.29) is 26.4 Å². The van der Waals surface area contributed by atoms with Crippen LogP contribution in [0.4, 0.5) is 0 Å². The molecule has 1 rings (SSSR count). The maximum atomic E-state index is 12.7. The number of thiocarbonyl (C=S) groups is 1. The monoisotopic (exact) mass is 348 g/mol. The topological polar surface area (TPSA) is 63.4 Å². The molecule has 0 heterocycles. The van der Waals surface area contributed by atoms with Crippen molar-refractivity contribution in [2.45, 2.75) is 38.6 Å². The molecule has 0 aliphatic carbocycles. The predicted octanol–water partition coefficient (Wildman–Crippen LogP) is 3.03. The molecule has 4 nitrogen and oxygen atoms in total. The highest BCUT2D eigenvalue weighted by atomic mass is 35.5. The van der Waals surface area contributed by atoms with Gasteiger partial charge in [-0.1, -0.05) is 44.6 Å². The summed E-state index contributed by atoms with van der Waals surface area (Å²) >= 11 is 10.9. The quantitative estimate of drug-likeness (QED) is 0.849. The van der Waals surface area contributed by atoms with Crippen molar-refractivity contribution in [3.05, 3.63) is 28.8 Å². The summed E-state index contributed by atoms with van der Waals surface area (Å²) in [7, 11) is -2.05. The third-order valence-corrected chi connectivity index (χ3v) is 6.14. The summed E-state index contributed by atoms with van der Waals surface area (Å²) in [5.74, 6) is 0. The van der Waals surface area contributed by atoms with E-state index in [1.807, 2.05) is 27.7 Å². The number of sulfonamides is 1. The zero-order valence-electron chi connectivity index (χ0n) is 12.8. The van der Waals surface area contributed by atoms with Crippen molar-refractivity contribution in [3.8, 4) is 0 Å². The summed E-state index contributed by atoms with van der Waals surface area (Å²) in [4.78, 5) is 0.270. The number of benzene rings is 1. The summed E-state index contributed by atoms with van der Waals surface area (Å²) in [6, 6.07) is 4.22. The smallest absolute Gasteiger partial charge is 0.243 e. The normalized spacial score (nSPS) is 14.2. The van der Waals surface area contributed by atoms with Gasteiger partial charge in [0, 0.05) is 18.7 Å². The molecule has 118 valence electrons. The predicted molar refractivity (Wildman–Crippen MR) is 91.2 cm³/mol. The average molecular weight is 349 g/mol. The number of hydrogen-bond acceptors (Lipinski definition) is 3. The third-order valence-electron chi connectivity index (χ3n) is 3.68. The van der Waals surface area contributed by atoms with E-state index in [1.54, 1.807) is 7.05 Å². The Balaban J connectivity index is 3.26. The Morgan fingerprint density at radius 3 is 2.29 bits per heavy atom. The molecule has 0 saturated heterocycles. The average Bonchev–Trinajstić information content (AvgIpc) is 2.35. The molecule has 0 amide bonds. The highest BCUT2D eigenvalue weighted by Gasteiger charge is 2.32. The zero-order valence-corrected chi connectivity index (χ0v) is 15.2. The Morgan fingerprint density at radius 2 is 1.90 bits per heavy atom. The van der Waals surface area contributed by atoms with E-state index in [0.717, 1.165) is 0 Å². The minimum atomic E-state index is -3.62. The standard InChI is InChI=1S/C14H21ClN2O2S2/c1-9(14(2,3)4)17(5)21(18,19)10-6-7-11(13(16)20)12(15)8-10/h6-9H,1-5H3,(H2,16,20). The first kappa shape index (κ1) is 18.4. The third kappa shape index (κ3) is 3.94. The second kappa shape index (κ2) is 6.20. The van der Waals surface area contributed by atoms with Gasteiger partial charge in [0.25, 0.3) is 0 Å². The molecule has 0 spiro atoms. The van der Waals surface area contributed by atoms with Gasteiger partial charge in [-0.2, -0.15) is 4.31 Å². The van der Waals surface area contributed by atoms with Gasteiger partial charge in [0.05, 0.1) is 9.92 Å². The SMILES string of the molecule is CC(N(C)S(=O)(=O)c1ccc(C(N)=S)c(Cl)c1)C(C)(C)C. The van der Waals surface area contributed by atoms with E-state index >= 15 is 0 Å². The van der Waals surface area contributed by atoms with Crippen LogP contribution in [0.5, 0.6) is 0 Å². The van der Waals surface area contributed by atoms with Gasteiger partial charge in [-0.25, -0.2) is 8.42 Å². The second-order valence-electron chi connectivity index (χ2n) is 6.07. The molecule has 0 saturated carbocycles. The van der Waals surface area contributed by atoms with Gasteiger partial charge in [-0.15, -0.1) is 0 Å². The Bertz CT molecular complexity index is 651. The van der Waals surface area contributed by atoms with Crippen molar-refractivity contribution in [1.82, 2.24) is 4.31 Å². The molecule has 0 radical (unpaired) electrons. The van der Waals surface area contributed by atoms with E-state index in [1.165, 1.54) is 22.5 Å². The lowest BCUT2D eigenvalue weighted by Gasteiger charge is -2.34.